The monoisotopic (exact) mass is 340 g/mol. The minimum Gasteiger partial charge on any atom is -0.298 e. The van der Waals surface area contributed by atoms with Crippen LogP contribution < -0.4 is 0 Å². The summed E-state index contributed by atoms with van der Waals surface area (Å²) in [4.78, 5) is 24.5. The van der Waals surface area contributed by atoms with E-state index in [-0.39, 0.29) is 22.4 Å². The molecule has 1 aromatic carbocycles. The number of hydrogen-bond acceptors (Lipinski definition) is 4. The van der Waals surface area contributed by atoms with Crippen LogP contribution in [-0.4, -0.2) is 28.2 Å². The zero-order valence-electron chi connectivity index (χ0n) is 11.3. The number of likely N-dealkylation sites (tertiary alicyclic amines) is 1. The SMILES string of the molecule is CC(=O)C1CCCCN1Cc1ccc(Br)cc1[N+](=O)[O-]. The molecule has 1 aromatic rings. The van der Waals surface area contributed by atoms with E-state index in [9.17, 15) is 14.9 Å². The molecule has 0 N–H and O–H groups in total. The largest absolute Gasteiger partial charge is 0.298 e. The number of hydrogen-bond donors (Lipinski definition) is 0. The van der Waals surface area contributed by atoms with Crippen LogP contribution in [0.1, 0.15) is 31.7 Å². The average Bonchev–Trinajstić information content (AvgIpc) is 2.41. The Kier molecular flexibility index (Phi) is 4.88. The van der Waals surface area contributed by atoms with E-state index in [4.69, 9.17) is 0 Å². The van der Waals surface area contributed by atoms with Crippen LogP contribution in [0, 0.1) is 10.1 Å². The molecular formula is C14H17BrN2O3. The van der Waals surface area contributed by atoms with Crippen LogP contribution in [0.2, 0.25) is 0 Å². The van der Waals surface area contributed by atoms with Crippen molar-refractivity contribution < 1.29 is 9.72 Å². The molecular weight excluding hydrogens is 324 g/mol. The second kappa shape index (κ2) is 6.45. The number of carbonyl (C=O) groups is 1. The lowest BCUT2D eigenvalue weighted by molar-refractivity contribution is -0.385. The number of nitrogens with zero attached hydrogens (tertiary/aromatic N) is 2. The highest BCUT2D eigenvalue weighted by Gasteiger charge is 2.27. The van der Waals surface area contributed by atoms with Gasteiger partial charge in [-0.3, -0.25) is 19.8 Å². The molecule has 0 spiro atoms. The second-order valence-corrected chi connectivity index (χ2v) is 6.04. The lowest BCUT2D eigenvalue weighted by atomic mass is 9.98. The number of benzene rings is 1. The van der Waals surface area contributed by atoms with Crippen molar-refractivity contribution in [3.63, 3.8) is 0 Å². The molecule has 0 radical (unpaired) electrons. The molecule has 1 aliphatic rings. The van der Waals surface area contributed by atoms with Gasteiger partial charge in [0, 0.05) is 22.6 Å². The number of halogens is 1. The second-order valence-electron chi connectivity index (χ2n) is 5.12. The highest BCUT2D eigenvalue weighted by molar-refractivity contribution is 9.10. The molecule has 1 saturated heterocycles. The van der Waals surface area contributed by atoms with E-state index in [1.165, 1.54) is 6.07 Å². The van der Waals surface area contributed by atoms with Crippen molar-refractivity contribution in [3.05, 3.63) is 38.3 Å². The summed E-state index contributed by atoms with van der Waals surface area (Å²) < 4.78 is 0.690. The van der Waals surface area contributed by atoms with Gasteiger partial charge in [0.1, 0.15) is 5.78 Å². The highest BCUT2D eigenvalue weighted by atomic mass is 79.9. The Bertz CT molecular complexity index is 533. The summed E-state index contributed by atoms with van der Waals surface area (Å²) in [5.41, 5.74) is 0.763. The Labute approximate surface area is 126 Å². The third kappa shape index (κ3) is 3.43. The smallest absolute Gasteiger partial charge is 0.275 e. The zero-order valence-corrected chi connectivity index (χ0v) is 12.9. The van der Waals surface area contributed by atoms with Gasteiger partial charge in [-0.05, 0) is 38.4 Å². The Balaban J connectivity index is 2.24. The van der Waals surface area contributed by atoms with Crippen LogP contribution in [-0.2, 0) is 11.3 Å². The van der Waals surface area contributed by atoms with Crippen molar-refractivity contribution in [3.8, 4) is 0 Å². The lowest BCUT2D eigenvalue weighted by Crippen LogP contribution is -2.43. The zero-order chi connectivity index (χ0) is 14.7. The van der Waals surface area contributed by atoms with Crippen LogP contribution >= 0.6 is 15.9 Å². The van der Waals surface area contributed by atoms with E-state index >= 15 is 0 Å². The molecule has 1 atom stereocenters. The standard InChI is InChI=1S/C14H17BrN2O3/c1-10(18)13-4-2-3-7-16(13)9-11-5-6-12(15)8-14(11)17(19)20/h5-6,8,13H,2-4,7,9H2,1H3. The van der Waals surface area contributed by atoms with Gasteiger partial charge in [-0.25, -0.2) is 0 Å². The number of Topliss-reactive ketones (excluding diaryl/α,β-unsaturated/α-hetero) is 1. The maximum atomic E-state index is 11.7. The van der Waals surface area contributed by atoms with Crippen LogP contribution in [0.4, 0.5) is 5.69 Å². The quantitative estimate of drug-likeness (QED) is 0.623. The van der Waals surface area contributed by atoms with Gasteiger partial charge in [-0.1, -0.05) is 22.4 Å². The maximum Gasteiger partial charge on any atom is 0.275 e. The number of ketones is 1. The van der Waals surface area contributed by atoms with Gasteiger partial charge in [0.15, 0.2) is 0 Å². The lowest BCUT2D eigenvalue weighted by Gasteiger charge is -2.33. The topological polar surface area (TPSA) is 63.5 Å². The minimum absolute atomic E-state index is 0.104. The molecule has 108 valence electrons. The van der Waals surface area contributed by atoms with Crippen molar-refractivity contribution in [1.82, 2.24) is 4.90 Å². The fourth-order valence-electron chi connectivity index (χ4n) is 2.70. The Morgan fingerprint density at radius 2 is 2.25 bits per heavy atom. The van der Waals surface area contributed by atoms with Crippen LogP contribution in [0.3, 0.4) is 0 Å². The summed E-state index contributed by atoms with van der Waals surface area (Å²) in [6.45, 7) is 2.87. The molecule has 5 nitrogen and oxygen atoms in total. The molecule has 2 rings (SSSR count). The molecule has 1 heterocycles. The summed E-state index contributed by atoms with van der Waals surface area (Å²) in [5, 5.41) is 11.1. The molecule has 6 heteroatoms. The first-order valence-corrected chi connectivity index (χ1v) is 7.45. The van der Waals surface area contributed by atoms with Gasteiger partial charge < -0.3 is 0 Å². The van der Waals surface area contributed by atoms with E-state index in [1.807, 2.05) is 0 Å². The predicted octanol–water partition coefficient (Wildman–Crippen LogP) is 3.30. The predicted molar refractivity (Wildman–Crippen MR) is 79.5 cm³/mol. The highest BCUT2D eigenvalue weighted by Crippen LogP contribution is 2.27. The molecule has 20 heavy (non-hydrogen) atoms. The molecule has 0 amide bonds. The van der Waals surface area contributed by atoms with E-state index in [1.54, 1.807) is 19.1 Å². The average molecular weight is 341 g/mol. The van der Waals surface area contributed by atoms with Gasteiger partial charge in [0.25, 0.3) is 5.69 Å². The van der Waals surface area contributed by atoms with Gasteiger partial charge in [0.2, 0.25) is 0 Å². The van der Waals surface area contributed by atoms with E-state index in [2.05, 4.69) is 20.8 Å². The normalized spacial score (nSPS) is 19.8. The van der Waals surface area contributed by atoms with Crippen LogP contribution in [0.15, 0.2) is 22.7 Å². The number of rotatable bonds is 4. The van der Waals surface area contributed by atoms with Gasteiger partial charge in [0.05, 0.1) is 11.0 Å². The molecule has 0 bridgehead atoms. The van der Waals surface area contributed by atoms with Crippen molar-refractivity contribution in [2.45, 2.75) is 38.8 Å². The van der Waals surface area contributed by atoms with E-state index in [0.717, 1.165) is 25.8 Å². The van der Waals surface area contributed by atoms with Gasteiger partial charge in [-0.15, -0.1) is 0 Å². The number of carbonyl (C=O) groups excluding carboxylic acids is 1. The number of nitro groups is 1. The Morgan fingerprint density at radius 3 is 2.90 bits per heavy atom. The summed E-state index contributed by atoms with van der Waals surface area (Å²) in [6, 6.07) is 4.97. The third-order valence-corrected chi connectivity index (χ3v) is 4.19. The minimum atomic E-state index is -0.368. The third-order valence-electron chi connectivity index (χ3n) is 3.70. The number of nitro benzene ring substituents is 1. The van der Waals surface area contributed by atoms with Gasteiger partial charge in [-0.2, -0.15) is 0 Å². The molecule has 1 unspecified atom stereocenters. The summed E-state index contributed by atoms with van der Waals surface area (Å²) in [5.74, 6) is 0.143. The van der Waals surface area contributed by atoms with E-state index < -0.39 is 0 Å². The first-order valence-electron chi connectivity index (χ1n) is 6.66. The van der Waals surface area contributed by atoms with Crippen LogP contribution in [0.25, 0.3) is 0 Å². The summed E-state index contributed by atoms with van der Waals surface area (Å²) >= 11 is 3.25. The first kappa shape index (κ1) is 15.1. The fraction of sp³-hybridized carbons (Fsp3) is 0.500. The number of piperidine rings is 1. The van der Waals surface area contributed by atoms with Crippen molar-refractivity contribution in [2.24, 2.45) is 0 Å². The molecule has 0 aromatic heterocycles. The Morgan fingerprint density at radius 1 is 1.50 bits per heavy atom. The molecule has 0 aliphatic carbocycles. The molecule has 0 saturated carbocycles. The maximum absolute atomic E-state index is 11.7. The summed E-state index contributed by atoms with van der Waals surface area (Å²) in [6.07, 6.45) is 2.93. The van der Waals surface area contributed by atoms with E-state index in [0.29, 0.717) is 16.6 Å². The van der Waals surface area contributed by atoms with Crippen LogP contribution in [0.5, 0.6) is 0 Å². The van der Waals surface area contributed by atoms with Crippen molar-refractivity contribution in [2.75, 3.05) is 6.54 Å². The Hall–Kier alpha value is -1.27. The van der Waals surface area contributed by atoms with Gasteiger partial charge >= 0.3 is 0 Å². The molecule has 1 fully saturated rings. The summed E-state index contributed by atoms with van der Waals surface area (Å²) in [7, 11) is 0. The molecule has 1 aliphatic heterocycles. The van der Waals surface area contributed by atoms with Crippen molar-refractivity contribution >= 4 is 27.4 Å². The fourth-order valence-corrected chi connectivity index (χ4v) is 3.05. The first-order chi connectivity index (χ1) is 9.49. The van der Waals surface area contributed by atoms with Crippen molar-refractivity contribution in [1.29, 1.82) is 0 Å².